The predicted molar refractivity (Wildman–Crippen MR) is 55.6 cm³/mol. The molecule has 1 aromatic carbocycles. The number of halogens is 1. The molecule has 0 aliphatic carbocycles. The highest BCUT2D eigenvalue weighted by molar-refractivity contribution is 7.91. The first-order chi connectivity index (χ1) is 7.33. The number of primary amides is 1. The zero-order chi connectivity index (χ0) is 12.3. The van der Waals surface area contributed by atoms with Crippen LogP contribution in [0.4, 0.5) is 4.39 Å². The Bertz CT molecular complexity index is 501. The Labute approximate surface area is 92.2 Å². The summed E-state index contributed by atoms with van der Waals surface area (Å²) in [5.74, 6) is -2.22. The van der Waals surface area contributed by atoms with E-state index in [1.54, 1.807) is 0 Å². The summed E-state index contributed by atoms with van der Waals surface area (Å²) < 4.78 is 36.1. The first-order valence-electron chi connectivity index (χ1n) is 4.36. The minimum atomic E-state index is -3.79. The van der Waals surface area contributed by atoms with E-state index in [1.807, 2.05) is 0 Å². The monoisotopic (exact) mass is 246 g/mol. The fraction of sp³-hybridized carbons (Fsp3) is 0.222. The molecule has 0 aliphatic heterocycles. The first-order valence-corrected chi connectivity index (χ1v) is 6.01. The van der Waals surface area contributed by atoms with E-state index in [1.165, 1.54) is 12.1 Å². The largest absolute Gasteiger partial charge is 0.368 e. The summed E-state index contributed by atoms with van der Waals surface area (Å²) in [4.78, 5) is 10.4. The molecule has 16 heavy (non-hydrogen) atoms. The third-order valence-corrected chi connectivity index (χ3v) is 3.69. The van der Waals surface area contributed by atoms with E-state index >= 15 is 0 Å². The Morgan fingerprint density at radius 2 is 2.06 bits per heavy atom. The van der Waals surface area contributed by atoms with Crippen LogP contribution in [-0.4, -0.2) is 26.1 Å². The van der Waals surface area contributed by atoms with Crippen molar-refractivity contribution >= 4 is 15.7 Å². The Morgan fingerprint density at radius 3 is 2.56 bits per heavy atom. The Hall–Kier alpha value is -1.47. The molecular formula is C9H11FN2O3S. The average molecular weight is 246 g/mol. The molecule has 0 fully saturated rings. The van der Waals surface area contributed by atoms with Crippen molar-refractivity contribution in [2.45, 2.75) is 10.9 Å². The molecule has 0 saturated heterocycles. The number of carbonyl (C=O) groups is 1. The minimum absolute atomic E-state index is 0.218. The van der Waals surface area contributed by atoms with Crippen molar-refractivity contribution in [2.75, 3.05) is 5.75 Å². The number of rotatable bonds is 4. The first kappa shape index (κ1) is 12.6. The van der Waals surface area contributed by atoms with Crippen LogP contribution in [0.2, 0.25) is 0 Å². The van der Waals surface area contributed by atoms with Gasteiger partial charge in [0.2, 0.25) is 5.91 Å². The van der Waals surface area contributed by atoms with Crippen LogP contribution in [0.5, 0.6) is 0 Å². The van der Waals surface area contributed by atoms with Gasteiger partial charge in [0.05, 0.1) is 16.7 Å². The normalized spacial score (nSPS) is 13.4. The summed E-state index contributed by atoms with van der Waals surface area (Å²) >= 11 is 0. The van der Waals surface area contributed by atoms with Crippen molar-refractivity contribution < 1.29 is 17.6 Å². The third kappa shape index (κ3) is 3.01. The molecule has 7 heteroatoms. The van der Waals surface area contributed by atoms with E-state index in [9.17, 15) is 17.6 Å². The number of hydrogen-bond donors (Lipinski definition) is 2. The number of carbonyl (C=O) groups excluding carboxylic acids is 1. The van der Waals surface area contributed by atoms with Crippen LogP contribution in [0.3, 0.4) is 0 Å². The van der Waals surface area contributed by atoms with Crippen molar-refractivity contribution in [1.82, 2.24) is 0 Å². The van der Waals surface area contributed by atoms with E-state index in [-0.39, 0.29) is 4.90 Å². The molecule has 5 nitrogen and oxygen atoms in total. The molecular weight excluding hydrogens is 235 g/mol. The molecule has 0 aromatic heterocycles. The highest BCUT2D eigenvalue weighted by atomic mass is 32.2. The quantitative estimate of drug-likeness (QED) is 0.741. The molecule has 0 heterocycles. The molecule has 1 amide bonds. The van der Waals surface area contributed by atoms with Crippen molar-refractivity contribution in [3.8, 4) is 0 Å². The Balaban J connectivity index is 2.99. The van der Waals surface area contributed by atoms with Gasteiger partial charge in [-0.3, -0.25) is 4.79 Å². The molecule has 1 unspecified atom stereocenters. The van der Waals surface area contributed by atoms with E-state index in [0.717, 1.165) is 12.1 Å². The van der Waals surface area contributed by atoms with E-state index in [4.69, 9.17) is 11.5 Å². The van der Waals surface area contributed by atoms with Gasteiger partial charge in [-0.05, 0) is 18.2 Å². The maximum Gasteiger partial charge on any atom is 0.235 e. The van der Waals surface area contributed by atoms with Gasteiger partial charge in [-0.2, -0.15) is 0 Å². The zero-order valence-corrected chi connectivity index (χ0v) is 9.08. The van der Waals surface area contributed by atoms with E-state index in [0.29, 0.717) is 0 Å². The van der Waals surface area contributed by atoms with Crippen LogP contribution in [0.1, 0.15) is 0 Å². The number of sulfone groups is 1. The lowest BCUT2D eigenvalue weighted by atomic mass is 10.3. The molecule has 1 aromatic rings. The van der Waals surface area contributed by atoms with Crippen molar-refractivity contribution in [2.24, 2.45) is 11.5 Å². The number of benzene rings is 1. The lowest BCUT2D eigenvalue weighted by molar-refractivity contribution is -0.118. The zero-order valence-electron chi connectivity index (χ0n) is 8.26. The van der Waals surface area contributed by atoms with Gasteiger partial charge in [-0.25, -0.2) is 12.8 Å². The SMILES string of the molecule is NC(=O)C(N)CS(=O)(=O)c1cccc(F)c1. The van der Waals surface area contributed by atoms with E-state index < -0.39 is 33.4 Å². The molecule has 4 N–H and O–H groups in total. The standard InChI is InChI=1S/C9H11FN2O3S/c10-6-2-1-3-7(4-6)16(14,15)5-8(11)9(12)13/h1-4,8H,5,11H2,(H2,12,13). The Kier molecular flexibility index (Phi) is 3.61. The molecule has 0 aliphatic rings. The van der Waals surface area contributed by atoms with Gasteiger partial charge >= 0.3 is 0 Å². The average Bonchev–Trinajstić information content (AvgIpc) is 2.17. The lowest BCUT2D eigenvalue weighted by Gasteiger charge is -2.08. The lowest BCUT2D eigenvalue weighted by Crippen LogP contribution is -2.41. The van der Waals surface area contributed by atoms with Crippen LogP contribution in [0.25, 0.3) is 0 Å². The number of hydrogen-bond acceptors (Lipinski definition) is 4. The summed E-state index contributed by atoms with van der Waals surface area (Å²) in [6.07, 6.45) is 0. The second-order valence-corrected chi connectivity index (χ2v) is 5.28. The summed E-state index contributed by atoms with van der Waals surface area (Å²) in [5.41, 5.74) is 10.1. The fourth-order valence-corrected chi connectivity index (χ4v) is 2.48. The molecule has 1 atom stereocenters. The maximum absolute atomic E-state index is 12.8. The van der Waals surface area contributed by atoms with Gasteiger partial charge in [0.15, 0.2) is 9.84 Å². The van der Waals surface area contributed by atoms with Crippen LogP contribution < -0.4 is 11.5 Å². The van der Waals surface area contributed by atoms with Gasteiger partial charge in [0, 0.05) is 0 Å². The van der Waals surface area contributed by atoms with Gasteiger partial charge in [-0.1, -0.05) is 6.07 Å². The number of amides is 1. The van der Waals surface area contributed by atoms with Crippen molar-refractivity contribution in [3.63, 3.8) is 0 Å². The summed E-state index contributed by atoms with van der Waals surface area (Å²) in [6, 6.07) is 3.17. The van der Waals surface area contributed by atoms with Gasteiger partial charge < -0.3 is 11.5 Å². The van der Waals surface area contributed by atoms with Crippen LogP contribution in [0.15, 0.2) is 29.2 Å². The summed E-state index contributed by atoms with van der Waals surface area (Å²) in [6.45, 7) is 0. The second-order valence-electron chi connectivity index (χ2n) is 3.25. The van der Waals surface area contributed by atoms with Crippen LogP contribution in [-0.2, 0) is 14.6 Å². The molecule has 0 spiro atoms. The Morgan fingerprint density at radius 1 is 1.44 bits per heavy atom. The molecule has 0 bridgehead atoms. The smallest absolute Gasteiger partial charge is 0.235 e. The molecule has 88 valence electrons. The van der Waals surface area contributed by atoms with Crippen molar-refractivity contribution in [1.29, 1.82) is 0 Å². The summed E-state index contributed by atoms with van der Waals surface area (Å²) in [5, 5.41) is 0. The topological polar surface area (TPSA) is 103 Å². The second kappa shape index (κ2) is 4.58. The van der Waals surface area contributed by atoms with Crippen LogP contribution in [0, 0.1) is 5.82 Å². The van der Waals surface area contributed by atoms with Crippen molar-refractivity contribution in [3.05, 3.63) is 30.1 Å². The van der Waals surface area contributed by atoms with Gasteiger partial charge in [-0.15, -0.1) is 0 Å². The van der Waals surface area contributed by atoms with Gasteiger partial charge in [0.25, 0.3) is 0 Å². The van der Waals surface area contributed by atoms with Crippen LogP contribution >= 0.6 is 0 Å². The predicted octanol–water partition coefficient (Wildman–Crippen LogP) is -0.588. The highest BCUT2D eigenvalue weighted by Crippen LogP contribution is 2.12. The highest BCUT2D eigenvalue weighted by Gasteiger charge is 2.22. The third-order valence-electron chi connectivity index (χ3n) is 1.92. The minimum Gasteiger partial charge on any atom is -0.368 e. The molecule has 0 radical (unpaired) electrons. The maximum atomic E-state index is 12.8. The van der Waals surface area contributed by atoms with E-state index in [2.05, 4.69) is 0 Å². The fourth-order valence-electron chi connectivity index (χ4n) is 1.08. The molecule has 0 saturated carbocycles. The van der Waals surface area contributed by atoms with Gasteiger partial charge in [0.1, 0.15) is 5.82 Å². The number of nitrogens with two attached hydrogens (primary N) is 2. The summed E-state index contributed by atoms with van der Waals surface area (Å²) in [7, 11) is -3.79. The molecule has 1 rings (SSSR count).